The van der Waals surface area contributed by atoms with Gasteiger partial charge in [-0.05, 0) is 41.5 Å². The zero-order valence-corrected chi connectivity index (χ0v) is 14.1. The first kappa shape index (κ1) is 14.5. The van der Waals surface area contributed by atoms with Crippen LogP contribution in [0.15, 0.2) is 50.1 Å². The average Bonchev–Trinajstić information content (AvgIpc) is 2.75. The highest BCUT2D eigenvalue weighted by molar-refractivity contribution is 9.11. The minimum Gasteiger partial charge on any atom is -0.408 e. The molecule has 3 aromatic rings. The van der Waals surface area contributed by atoms with Gasteiger partial charge in [-0.3, -0.25) is 4.57 Å². The maximum atomic E-state index is 13.4. The molecule has 0 amide bonds. The van der Waals surface area contributed by atoms with Crippen LogP contribution in [0.5, 0.6) is 0 Å². The van der Waals surface area contributed by atoms with Gasteiger partial charge in [0.15, 0.2) is 5.58 Å². The SMILES string of the molecule is Cn1c(=O)oc2cc(C(Br)c3cc(F)ccc3Br)ccc21. The number of aryl methyl sites for hydroxylation is 1. The normalized spacial score (nSPS) is 12.8. The number of hydrogen-bond donors (Lipinski definition) is 0. The third-order valence-electron chi connectivity index (χ3n) is 3.34. The van der Waals surface area contributed by atoms with Crippen LogP contribution in [0.1, 0.15) is 16.0 Å². The zero-order chi connectivity index (χ0) is 15.1. The number of oxazole rings is 1. The predicted molar refractivity (Wildman–Crippen MR) is 86.3 cm³/mol. The van der Waals surface area contributed by atoms with E-state index in [0.29, 0.717) is 5.58 Å². The molecule has 3 rings (SSSR count). The van der Waals surface area contributed by atoms with Crippen LogP contribution in [0, 0.1) is 5.82 Å². The molecule has 2 aromatic carbocycles. The van der Waals surface area contributed by atoms with Crippen LogP contribution in [-0.2, 0) is 7.05 Å². The van der Waals surface area contributed by atoms with Crippen molar-refractivity contribution in [3.8, 4) is 0 Å². The average molecular weight is 415 g/mol. The lowest BCUT2D eigenvalue weighted by atomic mass is 10.0. The fraction of sp³-hybridized carbons (Fsp3) is 0.133. The van der Waals surface area contributed by atoms with Gasteiger partial charge in [-0.2, -0.15) is 0 Å². The van der Waals surface area contributed by atoms with E-state index < -0.39 is 5.76 Å². The van der Waals surface area contributed by atoms with Gasteiger partial charge >= 0.3 is 5.76 Å². The number of benzene rings is 2. The van der Waals surface area contributed by atoms with Crippen LogP contribution in [0.4, 0.5) is 4.39 Å². The Balaban J connectivity index is 2.11. The van der Waals surface area contributed by atoms with E-state index in [1.165, 1.54) is 16.7 Å². The third kappa shape index (κ3) is 2.58. The van der Waals surface area contributed by atoms with E-state index in [9.17, 15) is 9.18 Å². The Labute approximate surface area is 136 Å². The molecule has 0 bridgehead atoms. The smallest absolute Gasteiger partial charge is 0.408 e. The number of nitrogens with zero attached hydrogens (tertiary/aromatic N) is 1. The van der Waals surface area contributed by atoms with E-state index in [0.717, 1.165) is 21.1 Å². The molecule has 0 saturated heterocycles. The molecular formula is C15H10Br2FNO2. The first-order chi connectivity index (χ1) is 9.97. The Morgan fingerprint density at radius 2 is 2.00 bits per heavy atom. The lowest BCUT2D eigenvalue weighted by molar-refractivity contribution is 0.528. The van der Waals surface area contributed by atoms with E-state index in [2.05, 4.69) is 31.9 Å². The van der Waals surface area contributed by atoms with Crippen molar-refractivity contribution < 1.29 is 8.81 Å². The lowest BCUT2D eigenvalue weighted by Crippen LogP contribution is -2.08. The van der Waals surface area contributed by atoms with Crippen LogP contribution in [-0.4, -0.2) is 4.57 Å². The summed E-state index contributed by atoms with van der Waals surface area (Å²) >= 11 is 6.99. The van der Waals surface area contributed by atoms with E-state index in [4.69, 9.17) is 4.42 Å². The minimum atomic E-state index is -0.403. The Morgan fingerprint density at radius 1 is 1.24 bits per heavy atom. The van der Waals surface area contributed by atoms with Crippen molar-refractivity contribution in [3.63, 3.8) is 0 Å². The highest BCUT2D eigenvalue weighted by Crippen LogP contribution is 2.36. The number of halogens is 3. The quantitative estimate of drug-likeness (QED) is 0.578. The summed E-state index contributed by atoms with van der Waals surface area (Å²) < 4.78 is 20.9. The largest absolute Gasteiger partial charge is 0.419 e. The van der Waals surface area contributed by atoms with Crippen molar-refractivity contribution in [1.29, 1.82) is 0 Å². The van der Waals surface area contributed by atoms with Crippen LogP contribution in [0.25, 0.3) is 11.1 Å². The van der Waals surface area contributed by atoms with Crippen LogP contribution in [0.2, 0.25) is 0 Å². The van der Waals surface area contributed by atoms with Gasteiger partial charge in [0.1, 0.15) is 5.82 Å². The summed E-state index contributed by atoms with van der Waals surface area (Å²) in [5, 5.41) is 0. The molecule has 0 aliphatic heterocycles. The molecule has 1 unspecified atom stereocenters. The van der Waals surface area contributed by atoms with E-state index in [1.54, 1.807) is 19.2 Å². The fourth-order valence-electron chi connectivity index (χ4n) is 2.20. The van der Waals surface area contributed by atoms with Crippen molar-refractivity contribution >= 4 is 43.0 Å². The topological polar surface area (TPSA) is 35.1 Å². The van der Waals surface area contributed by atoms with E-state index in [1.807, 2.05) is 12.1 Å². The molecule has 1 heterocycles. The van der Waals surface area contributed by atoms with Crippen molar-refractivity contribution in [1.82, 2.24) is 4.57 Å². The number of aromatic nitrogens is 1. The third-order valence-corrected chi connectivity index (χ3v) is 5.08. The molecular weight excluding hydrogens is 405 g/mol. The number of hydrogen-bond acceptors (Lipinski definition) is 2. The highest BCUT2D eigenvalue weighted by Gasteiger charge is 2.16. The Bertz CT molecular complexity index is 885. The Kier molecular flexibility index (Phi) is 3.75. The lowest BCUT2D eigenvalue weighted by Gasteiger charge is -2.13. The molecule has 0 radical (unpaired) electrons. The number of alkyl halides is 1. The maximum Gasteiger partial charge on any atom is 0.419 e. The molecule has 21 heavy (non-hydrogen) atoms. The highest BCUT2D eigenvalue weighted by atomic mass is 79.9. The summed E-state index contributed by atoms with van der Waals surface area (Å²) in [6, 6.07) is 10.0. The molecule has 1 aromatic heterocycles. The Morgan fingerprint density at radius 3 is 2.76 bits per heavy atom. The molecule has 6 heteroatoms. The summed E-state index contributed by atoms with van der Waals surface area (Å²) in [6.45, 7) is 0. The fourth-order valence-corrected chi connectivity index (χ4v) is 3.64. The summed E-state index contributed by atoms with van der Waals surface area (Å²) in [5.74, 6) is -0.704. The van der Waals surface area contributed by atoms with E-state index in [-0.39, 0.29) is 10.6 Å². The van der Waals surface area contributed by atoms with Gasteiger partial charge in [-0.1, -0.05) is 37.9 Å². The zero-order valence-electron chi connectivity index (χ0n) is 10.9. The monoisotopic (exact) mass is 413 g/mol. The van der Waals surface area contributed by atoms with Gasteiger partial charge in [0.2, 0.25) is 0 Å². The second kappa shape index (κ2) is 5.42. The molecule has 0 N–H and O–H groups in total. The minimum absolute atomic E-state index is 0.211. The summed E-state index contributed by atoms with van der Waals surface area (Å²) in [6.07, 6.45) is 0. The van der Waals surface area contributed by atoms with Crippen molar-refractivity contribution in [2.75, 3.05) is 0 Å². The molecule has 1 atom stereocenters. The standard InChI is InChI=1S/C15H10Br2FNO2/c1-19-12-5-2-8(6-13(12)21-15(19)20)14(17)10-7-9(18)3-4-11(10)16/h2-7,14H,1H3. The van der Waals surface area contributed by atoms with Gasteiger partial charge < -0.3 is 4.42 Å². The predicted octanol–water partition coefficient (Wildman–Crippen LogP) is 4.52. The van der Waals surface area contributed by atoms with Crippen LogP contribution >= 0.6 is 31.9 Å². The Hall–Kier alpha value is -1.40. The van der Waals surface area contributed by atoms with Gasteiger partial charge in [0, 0.05) is 11.5 Å². The summed E-state index contributed by atoms with van der Waals surface area (Å²) in [4.78, 5) is 11.3. The van der Waals surface area contributed by atoms with Crippen molar-refractivity contribution in [2.45, 2.75) is 4.83 Å². The summed E-state index contributed by atoms with van der Waals surface area (Å²) in [5.41, 5.74) is 2.88. The number of rotatable bonds is 2. The van der Waals surface area contributed by atoms with Gasteiger partial charge in [0.25, 0.3) is 0 Å². The number of fused-ring (bicyclic) bond motifs is 1. The molecule has 0 aliphatic rings. The first-order valence-corrected chi connectivity index (χ1v) is 7.87. The molecule has 0 fully saturated rings. The maximum absolute atomic E-state index is 13.4. The molecule has 0 saturated carbocycles. The van der Waals surface area contributed by atoms with Gasteiger partial charge in [-0.25, -0.2) is 9.18 Å². The molecule has 3 nitrogen and oxygen atoms in total. The molecule has 0 aliphatic carbocycles. The van der Waals surface area contributed by atoms with Crippen molar-refractivity contribution in [2.24, 2.45) is 7.05 Å². The van der Waals surface area contributed by atoms with Crippen LogP contribution < -0.4 is 5.76 Å². The van der Waals surface area contributed by atoms with Gasteiger partial charge in [-0.15, -0.1) is 0 Å². The second-order valence-electron chi connectivity index (χ2n) is 4.68. The second-order valence-corrected chi connectivity index (χ2v) is 6.45. The van der Waals surface area contributed by atoms with E-state index >= 15 is 0 Å². The van der Waals surface area contributed by atoms with Gasteiger partial charge in [0.05, 0.1) is 10.3 Å². The summed E-state index contributed by atoms with van der Waals surface area (Å²) in [7, 11) is 1.66. The van der Waals surface area contributed by atoms with Crippen molar-refractivity contribution in [3.05, 3.63) is 68.4 Å². The van der Waals surface area contributed by atoms with Crippen LogP contribution in [0.3, 0.4) is 0 Å². The molecule has 0 spiro atoms. The molecule has 108 valence electrons. The first-order valence-electron chi connectivity index (χ1n) is 6.16.